The highest BCUT2D eigenvalue weighted by molar-refractivity contribution is 14.0. The lowest BCUT2D eigenvalue weighted by molar-refractivity contribution is 0.337. The monoisotopic (exact) mass is 342 g/mol. The first-order chi connectivity index (χ1) is 7.06. The maximum atomic E-state index is 5.68. The van der Waals surface area contributed by atoms with Crippen molar-refractivity contribution in [3.8, 4) is 0 Å². The number of nitrogens with zero attached hydrogens (tertiary/aromatic N) is 2. The van der Waals surface area contributed by atoms with Crippen molar-refractivity contribution >= 4 is 29.9 Å². The van der Waals surface area contributed by atoms with Gasteiger partial charge in [0.1, 0.15) is 0 Å². The molecule has 0 spiro atoms. The summed E-state index contributed by atoms with van der Waals surface area (Å²) in [6, 6.07) is 0.353. The van der Waals surface area contributed by atoms with Gasteiger partial charge in [-0.25, -0.2) is 0 Å². The Morgan fingerprint density at radius 2 is 2.00 bits per heavy atom. The van der Waals surface area contributed by atoms with Gasteiger partial charge in [-0.1, -0.05) is 13.3 Å². The molecule has 0 aromatic carbocycles. The van der Waals surface area contributed by atoms with Gasteiger partial charge in [0.05, 0.1) is 6.54 Å². The molecule has 0 aliphatic carbocycles. The first kappa shape index (κ1) is 18.3. The van der Waals surface area contributed by atoms with Crippen LogP contribution >= 0.6 is 24.0 Å². The standard InChI is InChI=1S/C11H26N4.HI/c1-5-6-8-15(4)9-7-13-11(12)14-10(2)3;/h10H,5-9H2,1-4H3,(H3,12,13,14);1H. The predicted octanol–water partition coefficient (Wildman–Crippen LogP) is 1.65. The summed E-state index contributed by atoms with van der Waals surface area (Å²) in [6.07, 6.45) is 2.49. The Kier molecular flexibility index (Phi) is 13.1. The molecule has 0 aromatic rings. The van der Waals surface area contributed by atoms with E-state index in [9.17, 15) is 0 Å². The first-order valence-electron chi connectivity index (χ1n) is 5.81. The fourth-order valence-electron chi connectivity index (χ4n) is 1.22. The van der Waals surface area contributed by atoms with Gasteiger partial charge in [-0.05, 0) is 33.9 Å². The SMILES string of the molecule is CCCCN(C)CCN=C(N)NC(C)C.I. The van der Waals surface area contributed by atoms with Crippen molar-refractivity contribution in [2.75, 3.05) is 26.7 Å². The van der Waals surface area contributed by atoms with Crippen LogP contribution in [0.25, 0.3) is 0 Å². The number of nitrogens with one attached hydrogen (secondary N) is 1. The third-order valence-electron chi connectivity index (χ3n) is 2.09. The van der Waals surface area contributed by atoms with E-state index in [4.69, 9.17) is 5.73 Å². The maximum Gasteiger partial charge on any atom is 0.188 e. The van der Waals surface area contributed by atoms with Crippen molar-refractivity contribution in [2.45, 2.75) is 39.7 Å². The van der Waals surface area contributed by atoms with E-state index >= 15 is 0 Å². The van der Waals surface area contributed by atoms with E-state index in [1.807, 2.05) is 0 Å². The van der Waals surface area contributed by atoms with Crippen LogP contribution in [-0.2, 0) is 0 Å². The Morgan fingerprint density at radius 3 is 2.50 bits per heavy atom. The van der Waals surface area contributed by atoms with Gasteiger partial charge in [0, 0.05) is 12.6 Å². The second-order valence-electron chi connectivity index (χ2n) is 4.22. The molecule has 5 heteroatoms. The number of halogens is 1. The van der Waals surface area contributed by atoms with Crippen LogP contribution < -0.4 is 11.1 Å². The average Bonchev–Trinajstić information content (AvgIpc) is 2.13. The van der Waals surface area contributed by atoms with Gasteiger partial charge in [0.15, 0.2) is 5.96 Å². The van der Waals surface area contributed by atoms with Crippen molar-refractivity contribution in [3.63, 3.8) is 0 Å². The normalized spacial score (nSPS) is 11.8. The lowest BCUT2D eigenvalue weighted by Crippen LogP contribution is -2.37. The zero-order valence-electron chi connectivity index (χ0n) is 11.0. The van der Waals surface area contributed by atoms with Crippen LogP contribution in [0.4, 0.5) is 0 Å². The zero-order valence-corrected chi connectivity index (χ0v) is 13.3. The molecular weight excluding hydrogens is 315 g/mol. The summed E-state index contributed by atoms with van der Waals surface area (Å²) in [4.78, 5) is 6.54. The van der Waals surface area contributed by atoms with Crippen molar-refractivity contribution < 1.29 is 0 Å². The van der Waals surface area contributed by atoms with Crippen LogP contribution in [0.2, 0.25) is 0 Å². The Hall–Kier alpha value is -0.0400. The Balaban J connectivity index is 0. The molecular formula is C11H27IN4. The van der Waals surface area contributed by atoms with Gasteiger partial charge in [-0.3, -0.25) is 4.99 Å². The van der Waals surface area contributed by atoms with Gasteiger partial charge >= 0.3 is 0 Å². The Bertz CT molecular complexity index is 183. The largest absolute Gasteiger partial charge is 0.370 e. The fourth-order valence-corrected chi connectivity index (χ4v) is 1.22. The quantitative estimate of drug-likeness (QED) is 0.420. The zero-order chi connectivity index (χ0) is 11.7. The summed E-state index contributed by atoms with van der Waals surface area (Å²) < 4.78 is 0. The van der Waals surface area contributed by atoms with Crippen LogP contribution in [0.3, 0.4) is 0 Å². The molecule has 0 saturated heterocycles. The van der Waals surface area contributed by atoms with Crippen LogP contribution in [0.15, 0.2) is 4.99 Å². The van der Waals surface area contributed by atoms with Gasteiger partial charge in [-0.2, -0.15) is 0 Å². The molecule has 0 rings (SSSR count). The maximum absolute atomic E-state index is 5.68. The molecule has 0 aliphatic heterocycles. The summed E-state index contributed by atoms with van der Waals surface area (Å²) in [5.41, 5.74) is 5.68. The number of hydrogen-bond donors (Lipinski definition) is 2. The van der Waals surface area contributed by atoms with Crippen molar-refractivity contribution in [1.29, 1.82) is 0 Å². The molecule has 3 N–H and O–H groups in total. The first-order valence-corrected chi connectivity index (χ1v) is 5.81. The number of likely N-dealkylation sites (N-methyl/N-ethyl adjacent to an activating group) is 1. The molecule has 0 aromatic heterocycles. The summed E-state index contributed by atoms with van der Waals surface area (Å²) in [6.45, 7) is 9.19. The number of rotatable bonds is 7. The lowest BCUT2D eigenvalue weighted by atomic mass is 10.3. The van der Waals surface area contributed by atoms with Crippen LogP contribution in [0.1, 0.15) is 33.6 Å². The minimum absolute atomic E-state index is 0. The van der Waals surface area contributed by atoms with Crippen LogP contribution in [0, 0.1) is 0 Å². The molecule has 0 fully saturated rings. The molecule has 98 valence electrons. The van der Waals surface area contributed by atoms with Crippen molar-refractivity contribution in [3.05, 3.63) is 0 Å². The van der Waals surface area contributed by atoms with E-state index in [0.29, 0.717) is 12.0 Å². The number of hydrogen-bond acceptors (Lipinski definition) is 2. The highest BCUT2D eigenvalue weighted by Gasteiger charge is 1.97. The summed E-state index contributed by atoms with van der Waals surface area (Å²) >= 11 is 0. The van der Waals surface area contributed by atoms with E-state index in [1.165, 1.54) is 12.8 Å². The van der Waals surface area contributed by atoms with Crippen molar-refractivity contribution in [2.24, 2.45) is 10.7 Å². The summed E-state index contributed by atoms with van der Waals surface area (Å²) in [7, 11) is 2.12. The second-order valence-corrected chi connectivity index (χ2v) is 4.22. The molecule has 0 atom stereocenters. The lowest BCUT2D eigenvalue weighted by Gasteiger charge is -2.15. The van der Waals surface area contributed by atoms with E-state index < -0.39 is 0 Å². The Labute approximate surface area is 117 Å². The smallest absolute Gasteiger partial charge is 0.188 e. The number of unbranched alkanes of at least 4 members (excludes halogenated alkanes) is 1. The molecule has 0 amide bonds. The number of nitrogens with two attached hydrogens (primary N) is 1. The molecule has 0 aliphatic rings. The topological polar surface area (TPSA) is 53.6 Å². The molecule has 0 heterocycles. The molecule has 0 bridgehead atoms. The van der Waals surface area contributed by atoms with Crippen molar-refractivity contribution in [1.82, 2.24) is 10.2 Å². The number of guanidine groups is 1. The average molecular weight is 342 g/mol. The summed E-state index contributed by atoms with van der Waals surface area (Å²) in [5, 5.41) is 3.07. The molecule has 4 nitrogen and oxygen atoms in total. The minimum atomic E-state index is 0. The van der Waals surface area contributed by atoms with E-state index in [-0.39, 0.29) is 24.0 Å². The van der Waals surface area contributed by atoms with E-state index in [1.54, 1.807) is 0 Å². The minimum Gasteiger partial charge on any atom is -0.370 e. The molecule has 16 heavy (non-hydrogen) atoms. The van der Waals surface area contributed by atoms with Crippen LogP contribution in [-0.4, -0.2) is 43.6 Å². The highest BCUT2D eigenvalue weighted by Crippen LogP contribution is 1.91. The molecule has 0 radical (unpaired) electrons. The van der Waals surface area contributed by atoms with Gasteiger partial charge < -0.3 is 16.0 Å². The summed E-state index contributed by atoms with van der Waals surface area (Å²) in [5.74, 6) is 0.550. The van der Waals surface area contributed by atoms with Crippen LogP contribution in [0.5, 0.6) is 0 Å². The Morgan fingerprint density at radius 1 is 1.38 bits per heavy atom. The van der Waals surface area contributed by atoms with E-state index in [0.717, 1.165) is 19.6 Å². The van der Waals surface area contributed by atoms with E-state index in [2.05, 4.69) is 43.0 Å². The number of aliphatic imine (C=N–C) groups is 1. The third kappa shape index (κ3) is 12.0. The highest BCUT2D eigenvalue weighted by atomic mass is 127. The molecule has 0 unspecified atom stereocenters. The van der Waals surface area contributed by atoms with Gasteiger partial charge in [0.2, 0.25) is 0 Å². The second kappa shape index (κ2) is 11.4. The fraction of sp³-hybridized carbons (Fsp3) is 0.909. The third-order valence-corrected chi connectivity index (χ3v) is 2.09. The van der Waals surface area contributed by atoms with Gasteiger partial charge in [0.25, 0.3) is 0 Å². The predicted molar refractivity (Wildman–Crippen MR) is 82.6 cm³/mol. The van der Waals surface area contributed by atoms with Gasteiger partial charge in [-0.15, -0.1) is 24.0 Å². The molecule has 0 saturated carbocycles.